The van der Waals surface area contributed by atoms with Gasteiger partial charge in [0.2, 0.25) is 10.0 Å². The van der Waals surface area contributed by atoms with E-state index in [2.05, 4.69) is 20.7 Å². The molecule has 0 spiro atoms. The second-order valence-corrected chi connectivity index (χ2v) is 7.49. The third-order valence-electron chi connectivity index (χ3n) is 3.19. The Kier molecular flexibility index (Phi) is 4.37. The van der Waals surface area contributed by atoms with Gasteiger partial charge in [-0.1, -0.05) is 28.1 Å². The minimum absolute atomic E-state index is 0.146. The van der Waals surface area contributed by atoms with Gasteiger partial charge in [-0.2, -0.15) is 0 Å². The van der Waals surface area contributed by atoms with Gasteiger partial charge in [0.15, 0.2) is 11.5 Å². The Balaban J connectivity index is 1.64. The lowest BCUT2D eigenvalue weighted by atomic mass is 10.2. The standard InChI is InChI=1S/C15H14BrNO4S/c16-11-5-7-13(8-6-11)22(18,19)17-9-12-10-20-14-3-1-2-4-15(14)21-12/h1-8,12,17H,9-10H2. The molecule has 1 unspecified atom stereocenters. The van der Waals surface area contributed by atoms with Crippen molar-refractivity contribution < 1.29 is 17.9 Å². The molecule has 0 saturated carbocycles. The molecule has 116 valence electrons. The zero-order valence-corrected chi connectivity index (χ0v) is 13.9. The first-order valence-electron chi connectivity index (χ1n) is 6.68. The van der Waals surface area contributed by atoms with Crippen LogP contribution in [0.4, 0.5) is 0 Å². The minimum Gasteiger partial charge on any atom is -0.486 e. The summed E-state index contributed by atoms with van der Waals surface area (Å²) in [6.07, 6.45) is -0.361. The van der Waals surface area contributed by atoms with Gasteiger partial charge in [0.1, 0.15) is 12.7 Å². The largest absolute Gasteiger partial charge is 0.486 e. The highest BCUT2D eigenvalue weighted by atomic mass is 79.9. The van der Waals surface area contributed by atoms with E-state index in [1.54, 1.807) is 30.3 Å². The highest BCUT2D eigenvalue weighted by Crippen LogP contribution is 2.30. The molecular formula is C15H14BrNO4S. The van der Waals surface area contributed by atoms with Crippen molar-refractivity contribution in [3.63, 3.8) is 0 Å². The summed E-state index contributed by atoms with van der Waals surface area (Å²) in [5.74, 6) is 1.30. The van der Waals surface area contributed by atoms with Crippen LogP contribution >= 0.6 is 15.9 Å². The maximum absolute atomic E-state index is 12.2. The van der Waals surface area contributed by atoms with Crippen LogP contribution in [0, 0.1) is 0 Å². The average Bonchev–Trinajstić information content (AvgIpc) is 2.53. The van der Waals surface area contributed by atoms with Crippen LogP contribution in [0.1, 0.15) is 0 Å². The number of rotatable bonds is 4. The average molecular weight is 384 g/mol. The molecule has 0 amide bonds. The Bertz CT molecular complexity index is 761. The van der Waals surface area contributed by atoms with Gasteiger partial charge in [0.05, 0.1) is 11.4 Å². The number of para-hydroxylation sites is 2. The molecule has 22 heavy (non-hydrogen) atoms. The molecule has 5 nitrogen and oxygen atoms in total. The quantitative estimate of drug-likeness (QED) is 0.880. The number of ether oxygens (including phenoxy) is 2. The Morgan fingerprint density at radius 1 is 1.09 bits per heavy atom. The molecule has 0 aromatic heterocycles. The molecule has 1 heterocycles. The van der Waals surface area contributed by atoms with Crippen LogP contribution in [0.15, 0.2) is 57.9 Å². The zero-order valence-electron chi connectivity index (χ0n) is 11.5. The van der Waals surface area contributed by atoms with E-state index in [4.69, 9.17) is 9.47 Å². The number of sulfonamides is 1. The Hall–Kier alpha value is -1.57. The number of fused-ring (bicyclic) bond motifs is 1. The van der Waals surface area contributed by atoms with Crippen LogP contribution in [-0.2, 0) is 10.0 Å². The van der Waals surface area contributed by atoms with E-state index in [0.717, 1.165) is 4.47 Å². The van der Waals surface area contributed by atoms with Crippen molar-refractivity contribution in [3.05, 3.63) is 53.0 Å². The number of halogens is 1. The first-order chi connectivity index (χ1) is 10.5. The maximum Gasteiger partial charge on any atom is 0.240 e. The second kappa shape index (κ2) is 6.28. The summed E-state index contributed by atoms with van der Waals surface area (Å²) in [6, 6.07) is 13.8. The van der Waals surface area contributed by atoms with E-state index in [9.17, 15) is 8.42 Å². The van der Waals surface area contributed by atoms with Crippen molar-refractivity contribution >= 4 is 26.0 Å². The van der Waals surface area contributed by atoms with Crippen molar-refractivity contribution in [2.75, 3.05) is 13.2 Å². The van der Waals surface area contributed by atoms with Crippen LogP contribution in [0.2, 0.25) is 0 Å². The molecule has 3 rings (SSSR count). The first kappa shape index (κ1) is 15.3. The SMILES string of the molecule is O=S(=O)(NCC1COc2ccccc2O1)c1ccc(Br)cc1. The predicted octanol–water partition coefficient (Wildman–Crippen LogP) is 2.57. The zero-order chi connectivity index (χ0) is 15.6. The van der Waals surface area contributed by atoms with E-state index < -0.39 is 10.0 Å². The van der Waals surface area contributed by atoms with E-state index >= 15 is 0 Å². The highest BCUT2D eigenvalue weighted by molar-refractivity contribution is 9.10. The molecular weight excluding hydrogens is 370 g/mol. The van der Waals surface area contributed by atoms with Gasteiger partial charge < -0.3 is 9.47 Å². The Labute approximate surface area is 137 Å². The molecule has 0 saturated heterocycles. The normalized spacial score (nSPS) is 17.2. The van der Waals surface area contributed by atoms with Gasteiger partial charge in [0, 0.05) is 4.47 Å². The summed E-state index contributed by atoms with van der Waals surface area (Å²) in [5.41, 5.74) is 0. The molecule has 1 N–H and O–H groups in total. The summed E-state index contributed by atoms with van der Waals surface area (Å²) in [4.78, 5) is 0.216. The van der Waals surface area contributed by atoms with E-state index in [-0.39, 0.29) is 17.5 Å². The molecule has 1 aliphatic rings. The third-order valence-corrected chi connectivity index (χ3v) is 5.16. The topological polar surface area (TPSA) is 64.6 Å². The Morgan fingerprint density at radius 3 is 2.50 bits per heavy atom. The second-order valence-electron chi connectivity index (χ2n) is 4.80. The molecule has 0 aliphatic carbocycles. The summed E-state index contributed by atoms with van der Waals surface area (Å²) in [6.45, 7) is 0.451. The van der Waals surface area contributed by atoms with E-state index in [1.807, 2.05) is 18.2 Å². The van der Waals surface area contributed by atoms with Crippen molar-refractivity contribution in [1.29, 1.82) is 0 Å². The molecule has 2 aromatic carbocycles. The van der Waals surface area contributed by atoms with Gasteiger partial charge >= 0.3 is 0 Å². The molecule has 0 fully saturated rings. The molecule has 0 bridgehead atoms. The van der Waals surface area contributed by atoms with Crippen molar-refractivity contribution in [2.24, 2.45) is 0 Å². The van der Waals surface area contributed by atoms with Crippen molar-refractivity contribution in [3.8, 4) is 11.5 Å². The fraction of sp³-hybridized carbons (Fsp3) is 0.200. The van der Waals surface area contributed by atoms with Crippen LogP contribution in [0.25, 0.3) is 0 Å². The molecule has 1 aliphatic heterocycles. The van der Waals surface area contributed by atoms with Gasteiger partial charge in [-0.3, -0.25) is 0 Å². The first-order valence-corrected chi connectivity index (χ1v) is 8.96. The van der Waals surface area contributed by atoms with Crippen LogP contribution < -0.4 is 14.2 Å². The highest BCUT2D eigenvalue weighted by Gasteiger charge is 2.23. The minimum atomic E-state index is -3.56. The molecule has 0 radical (unpaired) electrons. The number of nitrogens with one attached hydrogen (secondary N) is 1. The smallest absolute Gasteiger partial charge is 0.240 e. The van der Waals surface area contributed by atoms with Crippen LogP contribution in [0.3, 0.4) is 0 Å². The van der Waals surface area contributed by atoms with Gasteiger partial charge in [-0.25, -0.2) is 13.1 Å². The summed E-state index contributed by atoms with van der Waals surface area (Å²) in [5, 5.41) is 0. The molecule has 1 atom stereocenters. The van der Waals surface area contributed by atoms with Crippen molar-refractivity contribution in [1.82, 2.24) is 4.72 Å². The summed E-state index contributed by atoms with van der Waals surface area (Å²) < 4.78 is 39.1. The van der Waals surface area contributed by atoms with E-state index in [0.29, 0.717) is 18.1 Å². The number of hydrogen-bond acceptors (Lipinski definition) is 4. The number of benzene rings is 2. The van der Waals surface area contributed by atoms with Crippen LogP contribution in [-0.4, -0.2) is 27.7 Å². The van der Waals surface area contributed by atoms with Gasteiger partial charge in [-0.15, -0.1) is 0 Å². The summed E-state index contributed by atoms with van der Waals surface area (Å²) >= 11 is 3.28. The van der Waals surface area contributed by atoms with Crippen molar-refractivity contribution in [2.45, 2.75) is 11.0 Å². The molecule has 7 heteroatoms. The predicted molar refractivity (Wildman–Crippen MR) is 85.7 cm³/mol. The lowest BCUT2D eigenvalue weighted by Gasteiger charge is -2.26. The fourth-order valence-electron chi connectivity index (χ4n) is 2.06. The van der Waals surface area contributed by atoms with Gasteiger partial charge in [0.25, 0.3) is 0 Å². The molecule has 2 aromatic rings. The fourth-order valence-corrected chi connectivity index (χ4v) is 3.39. The van der Waals surface area contributed by atoms with Crippen LogP contribution in [0.5, 0.6) is 11.5 Å². The Morgan fingerprint density at radius 2 is 1.77 bits per heavy atom. The maximum atomic E-state index is 12.2. The lowest BCUT2D eigenvalue weighted by molar-refractivity contribution is 0.0943. The lowest BCUT2D eigenvalue weighted by Crippen LogP contribution is -2.40. The van der Waals surface area contributed by atoms with Gasteiger partial charge in [-0.05, 0) is 36.4 Å². The number of hydrogen-bond donors (Lipinski definition) is 1. The third kappa shape index (κ3) is 3.43. The monoisotopic (exact) mass is 383 g/mol. The summed E-state index contributed by atoms with van der Waals surface area (Å²) in [7, 11) is -3.56. The van der Waals surface area contributed by atoms with E-state index in [1.165, 1.54) is 0 Å².